The number of esters is 1. The third kappa shape index (κ3) is 6.71. The minimum Gasteiger partial charge on any atom is -0.494 e. The fraction of sp³-hybridized carbons (Fsp3) is 0.667. The van der Waals surface area contributed by atoms with Crippen LogP contribution in [0.5, 0.6) is 5.75 Å². The van der Waals surface area contributed by atoms with E-state index in [1.165, 1.54) is 6.07 Å². The summed E-state index contributed by atoms with van der Waals surface area (Å²) in [6, 6.07) is 3.26. The predicted molar refractivity (Wildman–Crippen MR) is 107 cm³/mol. The number of rotatable bonds is 14. The molecule has 17 heteroatoms. The van der Waals surface area contributed by atoms with Crippen LogP contribution >= 0.6 is 11.6 Å². The lowest BCUT2D eigenvalue weighted by molar-refractivity contribution is -0.440. The van der Waals surface area contributed by atoms with E-state index in [2.05, 4.69) is 4.74 Å². The normalized spacial score (nSPS) is 14.0. The van der Waals surface area contributed by atoms with Crippen LogP contribution in [-0.4, -0.2) is 55.0 Å². The topological polar surface area (TPSA) is 35.5 Å². The molecule has 0 amide bonds. The first-order valence-corrected chi connectivity index (χ1v) is 11.0. The summed E-state index contributed by atoms with van der Waals surface area (Å²) in [5.74, 6) is -38.9. The molecule has 0 spiro atoms. The summed E-state index contributed by atoms with van der Waals surface area (Å²) >= 11 is 5.82. The Balaban J connectivity index is 2.91. The van der Waals surface area contributed by atoms with Gasteiger partial charge in [0.05, 0.1) is 30.2 Å². The molecule has 0 atom stereocenters. The molecule has 0 bridgehead atoms. The monoisotopic (exact) mass is 602 g/mol. The summed E-state index contributed by atoms with van der Waals surface area (Å²) in [5.41, 5.74) is -0.540. The van der Waals surface area contributed by atoms with Gasteiger partial charge in [0.15, 0.2) is 0 Å². The molecular formula is C21H20ClF13O3. The summed E-state index contributed by atoms with van der Waals surface area (Å²) in [4.78, 5) is 12.0. The maximum absolute atomic E-state index is 13.8. The molecule has 0 N–H and O–H groups in total. The number of hydrogen-bond donors (Lipinski definition) is 0. The number of unbranched alkanes of at least 4 members (excludes halogenated alkanes) is 3. The minimum atomic E-state index is -7.99. The van der Waals surface area contributed by atoms with Crippen LogP contribution in [0.15, 0.2) is 18.2 Å². The standard InChI is InChI=1S/C21H20ClF13O3/c1-2-3-4-5-9-37-12-6-7-13(14(22)11-12)15(36)38-10-8-16(23,24)17(25,26)18(27,28)19(29,30)20(31,32)21(33,34)35/h6-7,11H,2-5,8-10H2,1H3. The van der Waals surface area contributed by atoms with Crippen LogP contribution in [0.2, 0.25) is 5.02 Å². The number of halogens is 14. The zero-order chi connectivity index (χ0) is 29.8. The molecule has 220 valence electrons. The van der Waals surface area contributed by atoms with E-state index < -0.39 is 60.3 Å². The lowest BCUT2D eigenvalue weighted by Crippen LogP contribution is -2.70. The van der Waals surface area contributed by atoms with E-state index in [0.29, 0.717) is 6.42 Å². The van der Waals surface area contributed by atoms with Crippen molar-refractivity contribution in [2.45, 2.75) is 74.8 Å². The van der Waals surface area contributed by atoms with Gasteiger partial charge in [-0.15, -0.1) is 0 Å². The summed E-state index contributed by atoms with van der Waals surface area (Å²) in [5, 5.41) is -0.376. The number of carbonyl (C=O) groups is 1. The highest BCUT2D eigenvalue weighted by molar-refractivity contribution is 6.33. The molecule has 3 nitrogen and oxygen atoms in total. The molecule has 0 saturated heterocycles. The smallest absolute Gasteiger partial charge is 0.460 e. The van der Waals surface area contributed by atoms with Crippen molar-refractivity contribution in [2.75, 3.05) is 13.2 Å². The fourth-order valence-corrected chi connectivity index (χ4v) is 3.03. The molecule has 0 saturated carbocycles. The summed E-state index contributed by atoms with van der Waals surface area (Å²) in [7, 11) is 0. The van der Waals surface area contributed by atoms with E-state index >= 15 is 0 Å². The molecule has 0 radical (unpaired) electrons. The van der Waals surface area contributed by atoms with E-state index in [1.54, 1.807) is 0 Å². The zero-order valence-electron chi connectivity index (χ0n) is 19.2. The minimum absolute atomic E-state index is 0.174. The van der Waals surface area contributed by atoms with Crippen molar-refractivity contribution in [2.24, 2.45) is 0 Å². The van der Waals surface area contributed by atoms with Gasteiger partial charge in [-0.25, -0.2) is 4.79 Å². The number of benzene rings is 1. The quantitative estimate of drug-likeness (QED) is 0.122. The molecule has 1 aromatic rings. The summed E-state index contributed by atoms with van der Waals surface area (Å²) < 4.78 is 180. The first-order valence-electron chi connectivity index (χ1n) is 10.6. The van der Waals surface area contributed by atoms with Gasteiger partial charge < -0.3 is 9.47 Å². The zero-order valence-corrected chi connectivity index (χ0v) is 20.0. The fourth-order valence-electron chi connectivity index (χ4n) is 2.78. The maximum Gasteiger partial charge on any atom is 0.460 e. The highest BCUT2D eigenvalue weighted by Gasteiger charge is 2.90. The largest absolute Gasteiger partial charge is 0.494 e. The van der Waals surface area contributed by atoms with Crippen LogP contribution in [0, 0.1) is 0 Å². The van der Waals surface area contributed by atoms with Gasteiger partial charge in [-0.2, -0.15) is 57.1 Å². The summed E-state index contributed by atoms with van der Waals surface area (Å²) in [6.07, 6.45) is -6.67. The van der Waals surface area contributed by atoms with E-state index in [9.17, 15) is 61.9 Å². The van der Waals surface area contributed by atoms with Crippen LogP contribution in [0.3, 0.4) is 0 Å². The van der Waals surface area contributed by atoms with Crippen molar-refractivity contribution in [1.29, 1.82) is 0 Å². The third-order valence-corrected chi connectivity index (χ3v) is 5.39. The Bertz CT molecular complexity index is 949. The number of alkyl halides is 13. The Morgan fingerprint density at radius 2 is 1.32 bits per heavy atom. The Morgan fingerprint density at radius 1 is 0.763 bits per heavy atom. The van der Waals surface area contributed by atoms with E-state index in [4.69, 9.17) is 16.3 Å². The van der Waals surface area contributed by atoms with Crippen molar-refractivity contribution in [1.82, 2.24) is 0 Å². The second-order valence-electron chi connectivity index (χ2n) is 7.94. The van der Waals surface area contributed by atoms with Crippen LogP contribution < -0.4 is 4.74 Å². The highest BCUT2D eigenvalue weighted by Crippen LogP contribution is 2.60. The Labute approximate surface area is 212 Å². The van der Waals surface area contributed by atoms with Crippen molar-refractivity contribution in [3.05, 3.63) is 28.8 Å². The van der Waals surface area contributed by atoms with Crippen molar-refractivity contribution in [3.8, 4) is 5.75 Å². The Morgan fingerprint density at radius 3 is 1.82 bits per heavy atom. The summed E-state index contributed by atoms with van der Waals surface area (Å²) in [6.45, 7) is 0.394. The van der Waals surface area contributed by atoms with Crippen LogP contribution in [0.4, 0.5) is 57.1 Å². The Hall–Kier alpha value is -2.13. The van der Waals surface area contributed by atoms with Crippen LogP contribution in [-0.2, 0) is 4.74 Å². The van der Waals surface area contributed by atoms with E-state index in [1.807, 2.05) is 6.92 Å². The average Bonchev–Trinajstić information content (AvgIpc) is 2.77. The lowest BCUT2D eigenvalue weighted by atomic mass is 9.93. The van der Waals surface area contributed by atoms with Crippen LogP contribution in [0.25, 0.3) is 0 Å². The van der Waals surface area contributed by atoms with E-state index in [0.717, 1.165) is 31.4 Å². The van der Waals surface area contributed by atoms with Gasteiger partial charge in [-0.05, 0) is 24.6 Å². The molecule has 0 aliphatic carbocycles. The van der Waals surface area contributed by atoms with Crippen molar-refractivity contribution in [3.63, 3.8) is 0 Å². The molecule has 1 rings (SSSR count). The first-order chi connectivity index (χ1) is 17.1. The molecule has 0 aromatic heterocycles. The van der Waals surface area contributed by atoms with Crippen molar-refractivity contribution < 1.29 is 71.3 Å². The van der Waals surface area contributed by atoms with Gasteiger partial charge in [0, 0.05) is 0 Å². The molecule has 0 heterocycles. The van der Waals surface area contributed by atoms with Crippen LogP contribution in [0.1, 0.15) is 49.4 Å². The second-order valence-corrected chi connectivity index (χ2v) is 8.34. The molecule has 0 aliphatic heterocycles. The third-order valence-electron chi connectivity index (χ3n) is 5.07. The van der Waals surface area contributed by atoms with Gasteiger partial charge in [0.25, 0.3) is 0 Å². The van der Waals surface area contributed by atoms with Gasteiger partial charge in [-0.1, -0.05) is 37.8 Å². The lowest BCUT2D eigenvalue weighted by Gasteiger charge is -2.39. The maximum atomic E-state index is 13.8. The number of carbonyl (C=O) groups excluding carboxylic acids is 1. The highest BCUT2D eigenvalue weighted by atomic mass is 35.5. The second kappa shape index (κ2) is 11.9. The molecule has 0 aliphatic rings. The number of hydrogen-bond acceptors (Lipinski definition) is 3. The van der Waals surface area contributed by atoms with Crippen molar-refractivity contribution >= 4 is 17.6 Å². The molecule has 0 fully saturated rings. The Kier molecular flexibility index (Phi) is 10.7. The average molecular weight is 603 g/mol. The van der Waals surface area contributed by atoms with E-state index in [-0.39, 0.29) is 17.4 Å². The molecular weight excluding hydrogens is 583 g/mol. The SMILES string of the molecule is CCCCCCOc1ccc(C(=O)OCCC(F)(F)C(F)(F)C(F)(F)C(F)(F)C(F)(F)C(F)(F)F)c(Cl)c1. The molecule has 0 unspecified atom stereocenters. The molecule has 1 aromatic carbocycles. The van der Waals surface area contributed by atoms with Gasteiger partial charge in [0.2, 0.25) is 0 Å². The molecule has 38 heavy (non-hydrogen) atoms. The predicted octanol–water partition coefficient (Wildman–Crippen LogP) is 8.58. The number of ether oxygens (including phenoxy) is 2. The van der Waals surface area contributed by atoms with Gasteiger partial charge in [-0.3, -0.25) is 0 Å². The first kappa shape index (κ1) is 33.9. The van der Waals surface area contributed by atoms with Gasteiger partial charge >= 0.3 is 41.8 Å². The van der Waals surface area contributed by atoms with Gasteiger partial charge in [0.1, 0.15) is 5.75 Å².